The average molecular weight is 284 g/mol. The Morgan fingerprint density at radius 3 is 2.37 bits per heavy atom. The van der Waals surface area contributed by atoms with Crippen molar-refractivity contribution in [3.8, 4) is 0 Å². The molecular weight excluding hydrogens is 260 g/mol. The summed E-state index contributed by atoms with van der Waals surface area (Å²) in [6.07, 6.45) is 1.64. The predicted molar refractivity (Wildman–Crippen MR) is 79.7 cm³/mol. The summed E-state index contributed by atoms with van der Waals surface area (Å²) in [5, 5.41) is 2.85. The molecule has 0 aliphatic carbocycles. The maximum absolute atomic E-state index is 11.9. The van der Waals surface area contributed by atoms with Crippen LogP contribution in [0.2, 0.25) is 0 Å². The number of hydrogen-bond donors (Lipinski definition) is 2. The molecule has 1 rings (SSSR count). The van der Waals surface area contributed by atoms with Gasteiger partial charge in [-0.1, -0.05) is 30.3 Å². The first-order chi connectivity index (χ1) is 8.85. The Balaban J connectivity index is 2.52. The summed E-state index contributed by atoms with van der Waals surface area (Å²) in [6, 6.07) is 10.1. The first kappa shape index (κ1) is 16.1. The van der Waals surface area contributed by atoms with Crippen LogP contribution in [0.15, 0.2) is 30.3 Å². The van der Waals surface area contributed by atoms with Gasteiger partial charge in [-0.15, -0.1) is 0 Å². The molecule has 0 aliphatic rings. The summed E-state index contributed by atoms with van der Waals surface area (Å²) in [6.45, 7) is 4.31. The van der Waals surface area contributed by atoms with Crippen molar-refractivity contribution in [3.63, 3.8) is 0 Å². The lowest BCUT2D eigenvalue weighted by molar-refractivity contribution is 0.422. The van der Waals surface area contributed by atoms with Crippen LogP contribution in [0.25, 0.3) is 0 Å². The van der Waals surface area contributed by atoms with E-state index in [1.165, 1.54) is 5.56 Å². The van der Waals surface area contributed by atoms with Gasteiger partial charge >= 0.3 is 0 Å². The summed E-state index contributed by atoms with van der Waals surface area (Å²) in [7, 11) is -1.47. The first-order valence-corrected chi connectivity index (χ1v) is 8.20. The molecule has 0 fully saturated rings. The number of benzene rings is 1. The number of aryl methyl sites for hydroxylation is 1. The highest BCUT2D eigenvalue weighted by molar-refractivity contribution is 7.89. The third-order valence-electron chi connectivity index (χ3n) is 2.93. The number of nitrogens with one attached hydrogen (secondary N) is 2. The van der Waals surface area contributed by atoms with Gasteiger partial charge in [0.1, 0.15) is 0 Å². The molecule has 0 aromatic heterocycles. The quantitative estimate of drug-likeness (QED) is 0.761. The van der Waals surface area contributed by atoms with E-state index in [0.29, 0.717) is 6.54 Å². The Labute approximate surface area is 116 Å². The lowest BCUT2D eigenvalue weighted by Crippen LogP contribution is -2.45. The third-order valence-corrected chi connectivity index (χ3v) is 4.54. The Bertz CT molecular complexity index is 469. The zero-order valence-electron chi connectivity index (χ0n) is 11.9. The molecule has 0 unspecified atom stereocenters. The van der Waals surface area contributed by atoms with Crippen LogP contribution in [0.4, 0.5) is 0 Å². The van der Waals surface area contributed by atoms with Crippen molar-refractivity contribution in [2.45, 2.75) is 32.2 Å². The van der Waals surface area contributed by atoms with E-state index in [1.54, 1.807) is 7.05 Å². The molecule has 0 saturated heterocycles. The predicted octanol–water partition coefficient (Wildman–Crippen LogP) is 1.54. The van der Waals surface area contributed by atoms with Gasteiger partial charge in [-0.05, 0) is 39.3 Å². The van der Waals surface area contributed by atoms with E-state index in [0.717, 1.165) is 12.8 Å². The monoisotopic (exact) mass is 284 g/mol. The van der Waals surface area contributed by atoms with Crippen LogP contribution in [0, 0.1) is 0 Å². The lowest BCUT2D eigenvalue weighted by atomic mass is 9.97. The molecule has 0 aliphatic heterocycles. The molecule has 0 radical (unpaired) electrons. The summed E-state index contributed by atoms with van der Waals surface area (Å²) in [5.74, 6) is 0.109. The van der Waals surface area contributed by atoms with E-state index < -0.39 is 15.6 Å². The standard InChI is InChI=1S/C14H24N2O2S/c1-14(2,16-19(17,18)12-11-15-3)10-9-13-7-5-4-6-8-13/h4-8,15-16H,9-12H2,1-3H3. The molecule has 4 nitrogen and oxygen atoms in total. The highest BCUT2D eigenvalue weighted by Crippen LogP contribution is 2.14. The van der Waals surface area contributed by atoms with Crippen molar-refractivity contribution < 1.29 is 8.42 Å². The summed E-state index contributed by atoms with van der Waals surface area (Å²) >= 11 is 0. The minimum Gasteiger partial charge on any atom is -0.319 e. The van der Waals surface area contributed by atoms with Gasteiger partial charge in [-0.2, -0.15) is 0 Å². The van der Waals surface area contributed by atoms with Gasteiger partial charge in [0.25, 0.3) is 0 Å². The highest BCUT2D eigenvalue weighted by atomic mass is 32.2. The maximum atomic E-state index is 11.9. The number of sulfonamides is 1. The second-order valence-electron chi connectivity index (χ2n) is 5.39. The Morgan fingerprint density at radius 2 is 1.79 bits per heavy atom. The Kier molecular flexibility index (Phi) is 5.97. The summed E-state index contributed by atoms with van der Waals surface area (Å²) in [4.78, 5) is 0. The maximum Gasteiger partial charge on any atom is 0.213 e. The Hall–Kier alpha value is -0.910. The van der Waals surface area contributed by atoms with Gasteiger partial charge in [0.2, 0.25) is 10.0 Å². The van der Waals surface area contributed by atoms with E-state index >= 15 is 0 Å². The summed E-state index contributed by atoms with van der Waals surface area (Å²) in [5.41, 5.74) is 0.799. The number of hydrogen-bond acceptors (Lipinski definition) is 3. The topological polar surface area (TPSA) is 58.2 Å². The number of rotatable bonds is 8. The largest absolute Gasteiger partial charge is 0.319 e. The van der Waals surface area contributed by atoms with Crippen LogP contribution in [0.3, 0.4) is 0 Å². The molecule has 2 N–H and O–H groups in total. The fraction of sp³-hybridized carbons (Fsp3) is 0.571. The SMILES string of the molecule is CNCCS(=O)(=O)NC(C)(C)CCc1ccccc1. The second kappa shape index (κ2) is 7.03. The molecule has 0 bridgehead atoms. The average Bonchev–Trinajstić information content (AvgIpc) is 2.34. The molecule has 5 heteroatoms. The van der Waals surface area contributed by atoms with Crippen molar-refractivity contribution in [2.24, 2.45) is 0 Å². The molecule has 108 valence electrons. The molecule has 0 spiro atoms. The molecule has 0 atom stereocenters. The zero-order valence-corrected chi connectivity index (χ0v) is 12.8. The third kappa shape index (κ3) is 6.71. The molecule has 1 aromatic carbocycles. The van der Waals surface area contributed by atoms with E-state index in [4.69, 9.17) is 0 Å². The van der Waals surface area contributed by atoms with Crippen LogP contribution in [0.5, 0.6) is 0 Å². The molecule has 19 heavy (non-hydrogen) atoms. The fourth-order valence-electron chi connectivity index (χ4n) is 1.86. The van der Waals surface area contributed by atoms with Gasteiger partial charge in [0, 0.05) is 12.1 Å². The van der Waals surface area contributed by atoms with Crippen molar-refractivity contribution >= 4 is 10.0 Å². The van der Waals surface area contributed by atoms with E-state index in [1.807, 2.05) is 32.0 Å². The highest BCUT2D eigenvalue weighted by Gasteiger charge is 2.24. The van der Waals surface area contributed by atoms with Crippen molar-refractivity contribution in [1.82, 2.24) is 10.0 Å². The van der Waals surface area contributed by atoms with Crippen LogP contribution < -0.4 is 10.0 Å². The van der Waals surface area contributed by atoms with E-state index in [-0.39, 0.29) is 5.75 Å². The minimum absolute atomic E-state index is 0.109. The normalized spacial score (nSPS) is 12.6. The fourth-order valence-corrected chi connectivity index (χ4v) is 3.38. The first-order valence-electron chi connectivity index (χ1n) is 6.55. The molecule has 0 amide bonds. The van der Waals surface area contributed by atoms with Gasteiger partial charge in [0.05, 0.1) is 5.75 Å². The van der Waals surface area contributed by atoms with Gasteiger partial charge in [-0.3, -0.25) is 0 Å². The minimum atomic E-state index is -3.22. The molecule has 1 aromatic rings. The van der Waals surface area contributed by atoms with Crippen molar-refractivity contribution in [2.75, 3.05) is 19.3 Å². The van der Waals surface area contributed by atoms with Crippen molar-refractivity contribution in [3.05, 3.63) is 35.9 Å². The molecular formula is C14H24N2O2S. The van der Waals surface area contributed by atoms with E-state index in [9.17, 15) is 8.42 Å². The zero-order chi connectivity index (χ0) is 14.4. The van der Waals surface area contributed by atoms with Gasteiger partial charge in [0.15, 0.2) is 0 Å². The molecule has 0 heterocycles. The Morgan fingerprint density at radius 1 is 1.16 bits per heavy atom. The van der Waals surface area contributed by atoms with Crippen LogP contribution in [-0.2, 0) is 16.4 Å². The van der Waals surface area contributed by atoms with Crippen LogP contribution >= 0.6 is 0 Å². The van der Waals surface area contributed by atoms with Gasteiger partial charge < -0.3 is 5.32 Å². The lowest BCUT2D eigenvalue weighted by Gasteiger charge is -2.26. The van der Waals surface area contributed by atoms with E-state index in [2.05, 4.69) is 22.2 Å². The van der Waals surface area contributed by atoms with Gasteiger partial charge in [-0.25, -0.2) is 13.1 Å². The summed E-state index contributed by atoms with van der Waals surface area (Å²) < 4.78 is 26.5. The smallest absolute Gasteiger partial charge is 0.213 e. The molecule has 0 saturated carbocycles. The van der Waals surface area contributed by atoms with Crippen molar-refractivity contribution in [1.29, 1.82) is 0 Å². The van der Waals surface area contributed by atoms with Crippen LogP contribution in [0.1, 0.15) is 25.8 Å². The second-order valence-corrected chi connectivity index (χ2v) is 7.24. The van der Waals surface area contributed by atoms with Crippen LogP contribution in [-0.4, -0.2) is 33.3 Å².